The van der Waals surface area contributed by atoms with Crippen LogP contribution < -0.4 is 5.32 Å². The standard InChI is InChI=1S/C18H19ClN2O2S/c19-13-2-1-3-14(10-13)24-17-5-4-16(23-17)18(22)20-15-11-21-8-6-12(15)7-9-21/h1-5,10,12,15H,6-9,11H2,(H,20,22)/t15-/m0/s1. The van der Waals surface area contributed by atoms with Crippen LogP contribution in [0, 0.1) is 5.92 Å². The van der Waals surface area contributed by atoms with E-state index in [0.29, 0.717) is 21.8 Å². The monoisotopic (exact) mass is 362 g/mol. The summed E-state index contributed by atoms with van der Waals surface area (Å²) in [5, 5.41) is 4.53. The van der Waals surface area contributed by atoms with Crippen LogP contribution in [0.15, 0.2) is 50.8 Å². The Bertz CT molecular complexity index is 740. The van der Waals surface area contributed by atoms with Crippen molar-refractivity contribution in [3.63, 3.8) is 0 Å². The minimum absolute atomic E-state index is 0.119. The van der Waals surface area contributed by atoms with Gasteiger partial charge in [-0.15, -0.1) is 0 Å². The fourth-order valence-corrected chi connectivity index (χ4v) is 4.60. The van der Waals surface area contributed by atoms with Crippen LogP contribution in [0.2, 0.25) is 5.02 Å². The average molecular weight is 363 g/mol. The van der Waals surface area contributed by atoms with Gasteiger partial charge in [-0.25, -0.2) is 0 Å². The molecule has 0 aliphatic carbocycles. The lowest BCUT2D eigenvalue weighted by atomic mass is 9.84. The highest BCUT2D eigenvalue weighted by Crippen LogP contribution is 2.31. The van der Waals surface area contributed by atoms with E-state index in [1.165, 1.54) is 24.6 Å². The van der Waals surface area contributed by atoms with E-state index in [1.807, 2.05) is 30.3 Å². The van der Waals surface area contributed by atoms with E-state index in [2.05, 4.69) is 10.2 Å². The molecule has 1 N–H and O–H groups in total. The summed E-state index contributed by atoms with van der Waals surface area (Å²) >= 11 is 7.45. The van der Waals surface area contributed by atoms with Crippen molar-refractivity contribution < 1.29 is 9.21 Å². The SMILES string of the molecule is O=C(N[C@H]1CN2CCC1CC2)c1ccc(Sc2cccc(Cl)c2)o1. The van der Waals surface area contributed by atoms with Gasteiger partial charge in [-0.2, -0.15) is 0 Å². The number of amides is 1. The maximum Gasteiger partial charge on any atom is 0.287 e. The Morgan fingerprint density at radius 3 is 2.79 bits per heavy atom. The van der Waals surface area contributed by atoms with Gasteiger partial charge in [0.25, 0.3) is 5.91 Å². The number of hydrogen-bond donors (Lipinski definition) is 1. The Kier molecular flexibility index (Phi) is 4.57. The highest BCUT2D eigenvalue weighted by atomic mass is 35.5. The quantitative estimate of drug-likeness (QED) is 0.895. The van der Waals surface area contributed by atoms with E-state index in [1.54, 1.807) is 6.07 Å². The smallest absolute Gasteiger partial charge is 0.287 e. The number of fused-ring (bicyclic) bond motifs is 3. The Balaban J connectivity index is 1.40. The molecule has 1 amide bonds. The molecule has 1 aromatic heterocycles. The lowest BCUT2D eigenvalue weighted by Gasteiger charge is -2.44. The summed E-state index contributed by atoms with van der Waals surface area (Å²) in [7, 11) is 0. The molecular weight excluding hydrogens is 344 g/mol. The molecule has 1 aromatic carbocycles. The summed E-state index contributed by atoms with van der Waals surface area (Å²) in [6, 6.07) is 11.4. The molecule has 6 heteroatoms. The predicted octanol–water partition coefficient (Wildman–Crippen LogP) is 3.91. The molecule has 3 saturated heterocycles. The van der Waals surface area contributed by atoms with E-state index in [9.17, 15) is 4.79 Å². The molecule has 0 saturated carbocycles. The zero-order valence-corrected chi connectivity index (χ0v) is 14.8. The van der Waals surface area contributed by atoms with Gasteiger partial charge in [0.2, 0.25) is 0 Å². The van der Waals surface area contributed by atoms with Crippen LogP contribution in [0.4, 0.5) is 0 Å². The second kappa shape index (κ2) is 6.82. The molecule has 0 unspecified atom stereocenters. The predicted molar refractivity (Wildman–Crippen MR) is 94.7 cm³/mol. The third-order valence-electron chi connectivity index (χ3n) is 4.79. The van der Waals surface area contributed by atoms with Crippen LogP contribution in [-0.4, -0.2) is 36.5 Å². The van der Waals surface area contributed by atoms with E-state index in [4.69, 9.17) is 16.0 Å². The third-order valence-corrected chi connectivity index (χ3v) is 5.94. The summed E-state index contributed by atoms with van der Waals surface area (Å²) in [6.07, 6.45) is 2.36. The van der Waals surface area contributed by atoms with Crippen molar-refractivity contribution in [3.8, 4) is 0 Å². The van der Waals surface area contributed by atoms with Gasteiger partial charge >= 0.3 is 0 Å². The maximum atomic E-state index is 12.5. The second-order valence-electron chi connectivity index (χ2n) is 6.40. The molecule has 1 atom stereocenters. The Morgan fingerprint density at radius 2 is 2.08 bits per heavy atom. The zero-order chi connectivity index (χ0) is 16.5. The maximum absolute atomic E-state index is 12.5. The minimum Gasteiger partial charge on any atom is -0.444 e. The summed E-state index contributed by atoms with van der Waals surface area (Å²) in [5.41, 5.74) is 0. The highest BCUT2D eigenvalue weighted by molar-refractivity contribution is 7.99. The van der Waals surface area contributed by atoms with Gasteiger partial charge in [0, 0.05) is 22.5 Å². The number of piperidine rings is 3. The molecule has 3 aliphatic rings. The highest BCUT2D eigenvalue weighted by Gasteiger charge is 2.35. The van der Waals surface area contributed by atoms with Crippen molar-refractivity contribution in [2.45, 2.75) is 28.9 Å². The second-order valence-corrected chi connectivity index (χ2v) is 7.91. The number of furan rings is 1. The van der Waals surface area contributed by atoms with Gasteiger partial charge in [0.1, 0.15) is 0 Å². The van der Waals surface area contributed by atoms with Crippen LogP contribution >= 0.6 is 23.4 Å². The Hall–Kier alpha value is -1.43. The third kappa shape index (κ3) is 3.48. The first-order valence-electron chi connectivity index (χ1n) is 8.24. The molecule has 4 nitrogen and oxygen atoms in total. The number of benzene rings is 1. The molecule has 0 spiro atoms. The lowest BCUT2D eigenvalue weighted by Crippen LogP contribution is -2.57. The average Bonchev–Trinajstić information content (AvgIpc) is 3.05. The summed E-state index contributed by atoms with van der Waals surface area (Å²) in [4.78, 5) is 15.9. The summed E-state index contributed by atoms with van der Waals surface area (Å²) in [6.45, 7) is 3.29. The lowest BCUT2D eigenvalue weighted by molar-refractivity contribution is 0.0603. The number of nitrogens with one attached hydrogen (secondary N) is 1. The Labute approximate surface area is 150 Å². The fourth-order valence-electron chi connectivity index (χ4n) is 3.51. The first-order valence-corrected chi connectivity index (χ1v) is 9.43. The van der Waals surface area contributed by atoms with E-state index >= 15 is 0 Å². The number of carbonyl (C=O) groups is 1. The largest absolute Gasteiger partial charge is 0.444 e. The minimum atomic E-state index is -0.119. The van der Waals surface area contributed by atoms with Crippen LogP contribution in [-0.2, 0) is 0 Å². The number of halogens is 1. The van der Waals surface area contributed by atoms with Crippen LogP contribution in [0.1, 0.15) is 23.4 Å². The molecular formula is C18H19ClN2O2S. The van der Waals surface area contributed by atoms with Gasteiger partial charge in [0.15, 0.2) is 10.9 Å². The first-order chi connectivity index (χ1) is 11.7. The van der Waals surface area contributed by atoms with Gasteiger partial charge in [0.05, 0.1) is 0 Å². The topological polar surface area (TPSA) is 45.5 Å². The zero-order valence-electron chi connectivity index (χ0n) is 13.2. The van der Waals surface area contributed by atoms with Gasteiger partial charge in [-0.3, -0.25) is 4.79 Å². The number of nitrogens with zero attached hydrogens (tertiary/aromatic N) is 1. The van der Waals surface area contributed by atoms with Gasteiger partial charge in [-0.05, 0) is 62.2 Å². The number of hydrogen-bond acceptors (Lipinski definition) is 4. The molecule has 0 radical (unpaired) electrons. The number of carbonyl (C=O) groups excluding carboxylic acids is 1. The fraction of sp³-hybridized carbons (Fsp3) is 0.389. The summed E-state index contributed by atoms with van der Waals surface area (Å²) < 4.78 is 5.71. The molecule has 2 bridgehead atoms. The molecule has 126 valence electrons. The van der Waals surface area contributed by atoms with Gasteiger partial charge < -0.3 is 14.6 Å². The van der Waals surface area contributed by atoms with Crippen molar-refractivity contribution in [2.24, 2.45) is 5.92 Å². The molecule has 4 heterocycles. The van der Waals surface area contributed by atoms with Crippen LogP contribution in [0.3, 0.4) is 0 Å². The van der Waals surface area contributed by atoms with E-state index < -0.39 is 0 Å². The molecule has 24 heavy (non-hydrogen) atoms. The van der Waals surface area contributed by atoms with Crippen LogP contribution in [0.5, 0.6) is 0 Å². The van der Waals surface area contributed by atoms with E-state index in [-0.39, 0.29) is 11.9 Å². The van der Waals surface area contributed by atoms with Crippen LogP contribution in [0.25, 0.3) is 0 Å². The molecule has 5 rings (SSSR count). The first kappa shape index (κ1) is 16.1. The van der Waals surface area contributed by atoms with E-state index in [0.717, 1.165) is 24.5 Å². The van der Waals surface area contributed by atoms with Crippen molar-refractivity contribution in [1.82, 2.24) is 10.2 Å². The van der Waals surface area contributed by atoms with Gasteiger partial charge in [-0.1, -0.05) is 29.4 Å². The van der Waals surface area contributed by atoms with Crippen molar-refractivity contribution in [2.75, 3.05) is 19.6 Å². The number of rotatable bonds is 4. The molecule has 3 fully saturated rings. The van der Waals surface area contributed by atoms with Crippen molar-refractivity contribution in [1.29, 1.82) is 0 Å². The molecule has 3 aliphatic heterocycles. The molecule has 2 aromatic rings. The summed E-state index contributed by atoms with van der Waals surface area (Å²) in [5.74, 6) is 0.858. The normalized spacial score (nSPS) is 25.6. The Morgan fingerprint density at radius 1 is 1.25 bits per heavy atom. The van der Waals surface area contributed by atoms with Crippen molar-refractivity contribution >= 4 is 29.3 Å². The van der Waals surface area contributed by atoms with Crippen molar-refractivity contribution in [3.05, 3.63) is 47.2 Å².